The number of furan rings is 1. The van der Waals surface area contributed by atoms with Crippen LogP contribution in [0.3, 0.4) is 0 Å². The van der Waals surface area contributed by atoms with Crippen molar-refractivity contribution in [2.75, 3.05) is 27.2 Å². The van der Waals surface area contributed by atoms with Crippen molar-refractivity contribution in [2.45, 2.75) is 58.8 Å². The quantitative estimate of drug-likeness (QED) is 0.874. The Kier molecular flexibility index (Phi) is 5.85. The second-order valence-corrected chi connectivity index (χ2v) is 6.85. The first-order chi connectivity index (χ1) is 9.95. The van der Waals surface area contributed by atoms with E-state index in [-0.39, 0.29) is 0 Å². The summed E-state index contributed by atoms with van der Waals surface area (Å²) < 4.78 is 6.05. The first-order valence-corrected chi connectivity index (χ1v) is 8.16. The van der Waals surface area contributed by atoms with Gasteiger partial charge in [-0.25, -0.2) is 0 Å². The molecule has 1 N–H and O–H groups in total. The number of rotatable bonds is 6. The highest BCUT2D eigenvalue weighted by molar-refractivity contribution is 5.20. The second kappa shape index (κ2) is 7.43. The van der Waals surface area contributed by atoms with Gasteiger partial charge < -0.3 is 14.6 Å². The van der Waals surface area contributed by atoms with E-state index in [1.807, 2.05) is 0 Å². The van der Waals surface area contributed by atoms with E-state index < -0.39 is 0 Å². The molecule has 1 aliphatic rings. The molecule has 120 valence electrons. The van der Waals surface area contributed by atoms with Crippen LogP contribution in [-0.2, 0) is 13.1 Å². The third-order valence-corrected chi connectivity index (χ3v) is 4.33. The van der Waals surface area contributed by atoms with Crippen molar-refractivity contribution < 1.29 is 4.42 Å². The number of likely N-dealkylation sites (N-methyl/N-ethyl adjacent to an activating group) is 1. The predicted molar refractivity (Wildman–Crippen MR) is 87.4 cm³/mol. The molecule has 0 aromatic carbocycles. The number of aryl methyl sites for hydroxylation is 1. The van der Waals surface area contributed by atoms with Crippen LogP contribution in [0.2, 0.25) is 0 Å². The molecule has 1 unspecified atom stereocenters. The van der Waals surface area contributed by atoms with Crippen LogP contribution in [0.4, 0.5) is 0 Å². The van der Waals surface area contributed by atoms with Crippen LogP contribution in [0.1, 0.15) is 43.8 Å². The van der Waals surface area contributed by atoms with Gasteiger partial charge in [0.1, 0.15) is 11.5 Å². The Morgan fingerprint density at radius 2 is 2.19 bits per heavy atom. The number of nitrogens with zero attached hydrogens (tertiary/aromatic N) is 2. The zero-order valence-corrected chi connectivity index (χ0v) is 14.3. The van der Waals surface area contributed by atoms with E-state index in [1.54, 1.807) is 0 Å². The van der Waals surface area contributed by atoms with E-state index in [4.69, 9.17) is 4.42 Å². The topological polar surface area (TPSA) is 31.6 Å². The fraction of sp³-hybridized carbons (Fsp3) is 0.765. The molecule has 21 heavy (non-hydrogen) atoms. The van der Waals surface area contributed by atoms with Gasteiger partial charge in [0.25, 0.3) is 0 Å². The third kappa shape index (κ3) is 4.83. The maximum Gasteiger partial charge on any atom is 0.120 e. The summed E-state index contributed by atoms with van der Waals surface area (Å²) in [6, 6.07) is 3.37. The van der Waals surface area contributed by atoms with Crippen molar-refractivity contribution in [1.82, 2.24) is 15.1 Å². The Bertz CT molecular complexity index is 439. The summed E-state index contributed by atoms with van der Waals surface area (Å²) in [7, 11) is 4.36. The van der Waals surface area contributed by atoms with Crippen molar-refractivity contribution in [3.63, 3.8) is 0 Å². The molecule has 2 heterocycles. The molecule has 2 rings (SSSR count). The van der Waals surface area contributed by atoms with Gasteiger partial charge in [0.05, 0.1) is 13.1 Å². The van der Waals surface area contributed by atoms with Gasteiger partial charge in [0, 0.05) is 18.6 Å². The molecule has 1 aromatic rings. The lowest BCUT2D eigenvalue weighted by molar-refractivity contribution is 0.121. The molecule has 1 atom stereocenters. The third-order valence-electron chi connectivity index (χ3n) is 4.33. The molecule has 0 spiro atoms. The zero-order chi connectivity index (χ0) is 15.4. The van der Waals surface area contributed by atoms with Gasteiger partial charge in [0.15, 0.2) is 0 Å². The normalized spacial score (nSPS) is 20.6. The summed E-state index contributed by atoms with van der Waals surface area (Å²) in [5.41, 5.74) is 1.26. The smallest absolute Gasteiger partial charge is 0.120 e. The summed E-state index contributed by atoms with van der Waals surface area (Å²) in [5.74, 6) is 2.19. The summed E-state index contributed by atoms with van der Waals surface area (Å²) in [6.45, 7) is 10.6. The number of hydrogen-bond donors (Lipinski definition) is 1. The molecule has 1 fully saturated rings. The maximum absolute atomic E-state index is 6.05. The van der Waals surface area contributed by atoms with Crippen LogP contribution in [0.25, 0.3) is 0 Å². The van der Waals surface area contributed by atoms with Crippen molar-refractivity contribution >= 4 is 0 Å². The summed E-state index contributed by atoms with van der Waals surface area (Å²) >= 11 is 0. The van der Waals surface area contributed by atoms with Gasteiger partial charge in [-0.15, -0.1) is 0 Å². The fourth-order valence-corrected chi connectivity index (χ4v) is 2.96. The van der Waals surface area contributed by atoms with Gasteiger partial charge in [-0.2, -0.15) is 0 Å². The van der Waals surface area contributed by atoms with E-state index in [1.165, 1.54) is 24.9 Å². The molecule has 0 saturated carbocycles. The first-order valence-electron chi connectivity index (χ1n) is 8.16. The van der Waals surface area contributed by atoms with Crippen LogP contribution in [-0.4, -0.2) is 49.1 Å². The van der Waals surface area contributed by atoms with Crippen molar-refractivity contribution in [1.29, 1.82) is 0 Å². The van der Waals surface area contributed by atoms with E-state index in [0.29, 0.717) is 12.1 Å². The Morgan fingerprint density at radius 1 is 1.43 bits per heavy atom. The molecule has 4 heteroatoms. The van der Waals surface area contributed by atoms with Gasteiger partial charge in [-0.1, -0.05) is 13.8 Å². The van der Waals surface area contributed by atoms with Crippen molar-refractivity contribution in [3.8, 4) is 0 Å². The van der Waals surface area contributed by atoms with Gasteiger partial charge >= 0.3 is 0 Å². The van der Waals surface area contributed by atoms with E-state index >= 15 is 0 Å². The Balaban J connectivity index is 1.92. The van der Waals surface area contributed by atoms with Crippen LogP contribution < -0.4 is 5.32 Å². The minimum absolute atomic E-state index is 0.487. The van der Waals surface area contributed by atoms with E-state index in [9.17, 15) is 0 Å². The largest absolute Gasteiger partial charge is 0.463 e. The van der Waals surface area contributed by atoms with Gasteiger partial charge in [0.2, 0.25) is 0 Å². The Hall–Kier alpha value is -0.840. The lowest BCUT2D eigenvalue weighted by Crippen LogP contribution is -2.44. The summed E-state index contributed by atoms with van der Waals surface area (Å²) in [5, 5.41) is 3.43. The summed E-state index contributed by atoms with van der Waals surface area (Å²) in [4.78, 5) is 4.86. The Labute approximate surface area is 129 Å². The highest BCUT2D eigenvalue weighted by Crippen LogP contribution is 2.20. The molecule has 0 bridgehead atoms. The highest BCUT2D eigenvalue weighted by atomic mass is 16.3. The van der Waals surface area contributed by atoms with Gasteiger partial charge in [-0.3, -0.25) is 4.90 Å². The van der Waals surface area contributed by atoms with E-state index in [0.717, 1.165) is 31.2 Å². The fourth-order valence-electron chi connectivity index (χ4n) is 2.96. The van der Waals surface area contributed by atoms with E-state index in [2.05, 4.69) is 56.0 Å². The second-order valence-electron chi connectivity index (χ2n) is 6.85. The SMILES string of the molecule is Cc1cc(CN2CCCC(N(C)C)C2)oc1CNC(C)C. The van der Waals surface area contributed by atoms with Crippen LogP contribution in [0, 0.1) is 6.92 Å². The van der Waals surface area contributed by atoms with Crippen LogP contribution in [0.5, 0.6) is 0 Å². The number of hydrogen-bond acceptors (Lipinski definition) is 4. The molecule has 0 amide bonds. The lowest BCUT2D eigenvalue weighted by atomic mass is 10.0. The highest BCUT2D eigenvalue weighted by Gasteiger charge is 2.22. The minimum Gasteiger partial charge on any atom is -0.463 e. The minimum atomic E-state index is 0.487. The number of piperidine rings is 1. The summed E-state index contributed by atoms with van der Waals surface area (Å²) in [6.07, 6.45) is 2.59. The molecular formula is C17H31N3O. The molecule has 1 aliphatic heterocycles. The molecule has 4 nitrogen and oxygen atoms in total. The first kappa shape index (κ1) is 16.5. The lowest BCUT2D eigenvalue weighted by Gasteiger charge is -2.35. The standard InChI is InChI=1S/C17H31N3O/c1-13(2)18-10-17-14(3)9-16(21-17)12-20-8-6-7-15(11-20)19(4)5/h9,13,15,18H,6-8,10-12H2,1-5H3. The monoisotopic (exact) mass is 293 g/mol. The van der Waals surface area contributed by atoms with Crippen LogP contribution in [0.15, 0.2) is 10.5 Å². The maximum atomic E-state index is 6.05. The zero-order valence-electron chi connectivity index (χ0n) is 14.3. The van der Waals surface area contributed by atoms with Gasteiger partial charge in [-0.05, 0) is 52.0 Å². The number of nitrogens with one attached hydrogen (secondary N) is 1. The average Bonchev–Trinajstić information content (AvgIpc) is 2.76. The molecular weight excluding hydrogens is 262 g/mol. The predicted octanol–water partition coefficient (Wildman–Crippen LogP) is 2.61. The van der Waals surface area contributed by atoms with Crippen molar-refractivity contribution in [3.05, 3.63) is 23.2 Å². The molecule has 1 aromatic heterocycles. The van der Waals surface area contributed by atoms with Crippen LogP contribution >= 0.6 is 0 Å². The molecule has 0 radical (unpaired) electrons. The average molecular weight is 293 g/mol. The molecule has 0 aliphatic carbocycles. The number of likely N-dealkylation sites (tertiary alicyclic amines) is 1. The van der Waals surface area contributed by atoms with Crippen molar-refractivity contribution in [2.24, 2.45) is 0 Å². The molecule has 1 saturated heterocycles. The Morgan fingerprint density at radius 3 is 2.86 bits per heavy atom.